The van der Waals surface area contributed by atoms with Crippen molar-refractivity contribution in [3.63, 3.8) is 0 Å². The van der Waals surface area contributed by atoms with E-state index >= 15 is 0 Å². The molecule has 0 aliphatic carbocycles. The largest absolute Gasteiger partial charge is 0.379 e. The fourth-order valence-electron chi connectivity index (χ4n) is 3.09. The van der Waals surface area contributed by atoms with Gasteiger partial charge in [0, 0.05) is 44.5 Å². The lowest BCUT2D eigenvalue weighted by Gasteiger charge is -2.35. The summed E-state index contributed by atoms with van der Waals surface area (Å²) in [5.41, 5.74) is 1.66. The fourth-order valence-corrected chi connectivity index (χ4v) is 3.09. The van der Waals surface area contributed by atoms with Gasteiger partial charge in [0.25, 0.3) is 0 Å². The number of amides is 1. The lowest BCUT2D eigenvalue weighted by atomic mass is 10.1. The summed E-state index contributed by atoms with van der Waals surface area (Å²) < 4.78 is 10.8. The monoisotopic (exact) mass is 358 g/mol. The molecule has 3 heterocycles. The summed E-state index contributed by atoms with van der Waals surface area (Å²) in [5.74, 6) is 1.13. The first-order chi connectivity index (χ1) is 12.6. The SMILES string of the molecule is CC(C)c1cc(CN(C)C(=O)[C@@H](c2cccnc2)N2CCOCC2)no1. The number of ether oxygens (including phenoxy) is 1. The van der Waals surface area contributed by atoms with Crippen molar-refractivity contribution in [3.05, 3.63) is 47.6 Å². The number of morpholine rings is 1. The average molecular weight is 358 g/mol. The van der Waals surface area contributed by atoms with Gasteiger partial charge in [0.15, 0.2) is 0 Å². The first-order valence-electron chi connectivity index (χ1n) is 8.98. The van der Waals surface area contributed by atoms with Gasteiger partial charge in [-0.15, -0.1) is 0 Å². The second-order valence-corrected chi connectivity index (χ2v) is 6.91. The van der Waals surface area contributed by atoms with E-state index in [4.69, 9.17) is 9.26 Å². The third-order valence-electron chi connectivity index (χ3n) is 4.57. The van der Waals surface area contributed by atoms with Crippen molar-refractivity contribution in [1.29, 1.82) is 0 Å². The van der Waals surface area contributed by atoms with Gasteiger partial charge in [0.05, 0.1) is 19.8 Å². The number of hydrogen-bond donors (Lipinski definition) is 0. The Morgan fingerprint density at radius 2 is 2.12 bits per heavy atom. The normalized spacial score (nSPS) is 16.6. The highest BCUT2D eigenvalue weighted by molar-refractivity contribution is 5.83. The molecule has 0 radical (unpaired) electrons. The maximum atomic E-state index is 13.2. The first kappa shape index (κ1) is 18.5. The van der Waals surface area contributed by atoms with Gasteiger partial charge in [-0.25, -0.2) is 0 Å². The van der Waals surface area contributed by atoms with Crippen LogP contribution in [0.4, 0.5) is 0 Å². The Kier molecular flexibility index (Phi) is 6.00. The molecule has 1 fully saturated rings. The van der Waals surface area contributed by atoms with Crippen LogP contribution in [0.15, 0.2) is 35.1 Å². The summed E-state index contributed by atoms with van der Waals surface area (Å²) in [4.78, 5) is 21.3. The molecule has 1 aliphatic heterocycles. The molecule has 140 valence electrons. The van der Waals surface area contributed by atoms with Gasteiger partial charge in [-0.1, -0.05) is 25.1 Å². The lowest BCUT2D eigenvalue weighted by molar-refractivity contribution is -0.138. The Labute approximate surface area is 153 Å². The highest BCUT2D eigenvalue weighted by Gasteiger charge is 2.31. The van der Waals surface area contributed by atoms with Crippen molar-refractivity contribution in [2.75, 3.05) is 33.4 Å². The van der Waals surface area contributed by atoms with Crippen LogP contribution in [0.2, 0.25) is 0 Å². The zero-order valence-electron chi connectivity index (χ0n) is 15.6. The number of rotatable bonds is 6. The predicted molar refractivity (Wildman–Crippen MR) is 96.4 cm³/mol. The number of pyridine rings is 1. The molecule has 1 aliphatic rings. The van der Waals surface area contributed by atoms with Gasteiger partial charge in [0.2, 0.25) is 5.91 Å². The van der Waals surface area contributed by atoms with E-state index in [0.29, 0.717) is 19.8 Å². The summed E-state index contributed by atoms with van der Waals surface area (Å²) >= 11 is 0. The maximum absolute atomic E-state index is 13.2. The van der Waals surface area contributed by atoms with Gasteiger partial charge in [-0.3, -0.25) is 14.7 Å². The van der Waals surface area contributed by atoms with E-state index < -0.39 is 0 Å². The predicted octanol–water partition coefficient (Wildman–Crippen LogP) is 2.22. The van der Waals surface area contributed by atoms with Crippen LogP contribution >= 0.6 is 0 Å². The zero-order chi connectivity index (χ0) is 18.5. The molecule has 7 nitrogen and oxygen atoms in total. The molecule has 3 rings (SSSR count). The van der Waals surface area contributed by atoms with E-state index in [0.717, 1.165) is 30.1 Å². The van der Waals surface area contributed by atoms with Gasteiger partial charge < -0.3 is 14.2 Å². The molecule has 0 unspecified atom stereocenters. The van der Waals surface area contributed by atoms with Crippen molar-refractivity contribution in [3.8, 4) is 0 Å². The van der Waals surface area contributed by atoms with Crippen LogP contribution in [0.1, 0.15) is 42.8 Å². The molecule has 2 aromatic rings. The van der Waals surface area contributed by atoms with Crippen molar-refractivity contribution < 1.29 is 14.1 Å². The van der Waals surface area contributed by atoms with E-state index in [1.54, 1.807) is 24.3 Å². The molecule has 2 aromatic heterocycles. The van der Waals surface area contributed by atoms with E-state index in [1.165, 1.54) is 0 Å². The number of likely N-dealkylation sites (N-methyl/N-ethyl adjacent to an activating group) is 1. The van der Waals surface area contributed by atoms with Crippen LogP contribution in [-0.4, -0.2) is 59.2 Å². The Hall–Kier alpha value is -2.25. The van der Waals surface area contributed by atoms with Gasteiger partial charge in [-0.05, 0) is 11.6 Å². The minimum Gasteiger partial charge on any atom is -0.379 e. The number of carbonyl (C=O) groups excluding carboxylic acids is 1. The van der Waals surface area contributed by atoms with Crippen LogP contribution in [0.5, 0.6) is 0 Å². The minimum atomic E-state index is -0.367. The molecule has 7 heteroatoms. The van der Waals surface area contributed by atoms with Crippen molar-refractivity contribution >= 4 is 5.91 Å². The molecule has 1 amide bonds. The van der Waals surface area contributed by atoms with Crippen molar-refractivity contribution in [2.45, 2.75) is 32.4 Å². The number of carbonyl (C=O) groups is 1. The average Bonchev–Trinajstić information content (AvgIpc) is 3.12. The standard InChI is InChI=1S/C19H26N4O3/c1-14(2)17-11-16(21-26-17)13-22(3)19(24)18(15-5-4-6-20-12-15)23-7-9-25-10-8-23/h4-6,11-12,14,18H,7-10,13H2,1-3H3/t18-/m1/s1. The molecule has 0 bridgehead atoms. The Balaban J connectivity index is 1.77. The smallest absolute Gasteiger partial charge is 0.244 e. The molecule has 1 atom stereocenters. The Morgan fingerprint density at radius 3 is 2.73 bits per heavy atom. The number of hydrogen-bond acceptors (Lipinski definition) is 6. The highest BCUT2D eigenvalue weighted by atomic mass is 16.5. The lowest BCUT2D eigenvalue weighted by Crippen LogP contribution is -2.46. The molecule has 0 saturated carbocycles. The fraction of sp³-hybridized carbons (Fsp3) is 0.526. The molecule has 0 N–H and O–H groups in total. The zero-order valence-corrected chi connectivity index (χ0v) is 15.6. The van der Waals surface area contributed by atoms with E-state index in [2.05, 4.69) is 28.9 Å². The number of aromatic nitrogens is 2. The number of nitrogens with zero attached hydrogens (tertiary/aromatic N) is 4. The third-order valence-corrected chi connectivity index (χ3v) is 4.57. The topological polar surface area (TPSA) is 71.7 Å². The van der Waals surface area contributed by atoms with Crippen LogP contribution in [0.3, 0.4) is 0 Å². The second-order valence-electron chi connectivity index (χ2n) is 6.91. The Bertz CT molecular complexity index is 711. The summed E-state index contributed by atoms with van der Waals surface area (Å²) in [5, 5.41) is 4.09. The summed E-state index contributed by atoms with van der Waals surface area (Å²) in [6.07, 6.45) is 3.48. The Morgan fingerprint density at radius 1 is 1.35 bits per heavy atom. The molecule has 0 aromatic carbocycles. The van der Waals surface area contributed by atoms with Gasteiger partial charge in [-0.2, -0.15) is 0 Å². The van der Waals surface area contributed by atoms with E-state index in [9.17, 15) is 4.79 Å². The maximum Gasteiger partial charge on any atom is 0.244 e. The van der Waals surface area contributed by atoms with Crippen molar-refractivity contribution in [2.24, 2.45) is 0 Å². The van der Waals surface area contributed by atoms with Crippen molar-refractivity contribution in [1.82, 2.24) is 19.9 Å². The van der Waals surface area contributed by atoms with Crippen LogP contribution in [0.25, 0.3) is 0 Å². The molecular formula is C19H26N4O3. The molecule has 1 saturated heterocycles. The summed E-state index contributed by atoms with van der Waals surface area (Å²) in [7, 11) is 1.80. The quantitative estimate of drug-likeness (QED) is 0.788. The second kappa shape index (κ2) is 8.42. The van der Waals surface area contributed by atoms with Crippen LogP contribution in [0, 0.1) is 0 Å². The summed E-state index contributed by atoms with van der Waals surface area (Å²) in [6.45, 7) is 7.23. The summed E-state index contributed by atoms with van der Waals surface area (Å²) in [6, 6.07) is 5.37. The minimum absolute atomic E-state index is 0.0222. The van der Waals surface area contributed by atoms with Crippen LogP contribution in [-0.2, 0) is 16.1 Å². The van der Waals surface area contributed by atoms with E-state index in [1.807, 2.05) is 18.2 Å². The van der Waals surface area contributed by atoms with Gasteiger partial charge >= 0.3 is 0 Å². The third kappa shape index (κ3) is 4.28. The van der Waals surface area contributed by atoms with Crippen LogP contribution < -0.4 is 0 Å². The highest BCUT2D eigenvalue weighted by Crippen LogP contribution is 2.24. The first-order valence-corrected chi connectivity index (χ1v) is 8.98. The van der Waals surface area contributed by atoms with Gasteiger partial charge in [0.1, 0.15) is 17.5 Å². The molecular weight excluding hydrogens is 332 g/mol. The van der Waals surface area contributed by atoms with E-state index in [-0.39, 0.29) is 17.9 Å². The molecule has 26 heavy (non-hydrogen) atoms. The molecule has 0 spiro atoms.